The molecule has 0 aliphatic rings. The quantitative estimate of drug-likeness (QED) is 0.103. The Morgan fingerprint density at radius 3 is 1.98 bits per heavy atom. The SMILES string of the molecule is [Pd+2].[c-]1c(Oc2[c-]c3c(cc2)c2cccc4c5cccnc5n3c24)ccc2c1c1nc(-c3ccccc3)c(-c3ccccc3)n1c1ccccc21. The number of nitrogens with zero attached hydrogens (tertiary/aromatic N) is 4. The standard InChI is InChI=1S/C44H24N4O.Pd/c1-3-11-27(12-4-1)40-41(28-13-5-2-6-14-28)47-38-19-8-7-15-32(38)31-22-20-29(25-37(31)44(47)46-40)49-30-21-23-33-34-16-9-17-35-36-18-10-24-45-43(36)48(42(34)35)39(33)26-30;/h1-24H;/q-2;+2. The first-order valence-electron chi connectivity index (χ1n) is 16.3. The van der Waals surface area contributed by atoms with Gasteiger partial charge in [-0.2, -0.15) is 6.07 Å². The van der Waals surface area contributed by atoms with Gasteiger partial charge in [-0.05, 0) is 34.5 Å². The van der Waals surface area contributed by atoms with E-state index in [2.05, 4.69) is 130 Å². The number of ether oxygens (including phenoxy) is 1. The van der Waals surface area contributed by atoms with Crippen LogP contribution in [-0.2, 0) is 20.4 Å². The largest absolute Gasteiger partial charge is 2.00 e. The predicted octanol–water partition coefficient (Wildman–Crippen LogP) is 10.9. The van der Waals surface area contributed by atoms with Crippen LogP contribution in [0.4, 0.5) is 0 Å². The fourth-order valence-electron chi connectivity index (χ4n) is 7.68. The van der Waals surface area contributed by atoms with Gasteiger partial charge in [0.2, 0.25) is 0 Å². The second-order valence-electron chi connectivity index (χ2n) is 12.4. The molecule has 236 valence electrons. The molecule has 11 aromatic rings. The van der Waals surface area contributed by atoms with Crippen LogP contribution in [0.2, 0.25) is 0 Å². The summed E-state index contributed by atoms with van der Waals surface area (Å²) in [5.74, 6) is 1.21. The molecule has 0 unspecified atom stereocenters. The molecule has 0 spiro atoms. The van der Waals surface area contributed by atoms with Gasteiger partial charge >= 0.3 is 20.4 Å². The van der Waals surface area contributed by atoms with E-state index >= 15 is 0 Å². The first-order chi connectivity index (χ1) is 24.3. The second kappa shape index (κ2) is 11.0. The minimum Gasteiger partial charge on any atom is -0.503 e. The van der Waals surface area contributed by atoms with Gasteiger partial charge in [-0.3, -0.25) is 4.98 Å². The molecule has 0 saturated heterocycles. The van der Waals surface area contributed by atoms with Crippen LogP contribution in [0, 0.1) is 12.1 Å². The normalized spacial score (nSPS) is 11.8. The van der Waals surface area contributed by atoms with Gasteiger partial charge in [0.05, 0.1) is 17.0 Å². The minimum atomic E-state index is 0. The Hall–Kier alpha value is -6.06. The van der Waals surface area contributed by atoms with Crippen LogP contribution < -0.4 is 4.74 Å². The van der Waals surface area contributed by atoms with Gasteiger partial charge in [0.1, 0.15) is 5.65 Å². The molecule has 0 saturated carbocycles. The molecule has 0 bridgehead atoms. The van der Waals surface area contributed by atoms with Crippen LogP contribution in [0.1, 0.15) is 0 Å². The third-order valence-corrected chi connectivity index (χ3v) is 9.73. The first kappa shape index (κ1) is 28.9. The molecule has 11 rings (SSSR count). The Bertz CT molecular complexity index is 3080. The van der Waals surface area contributed by atoms with Crippen molar-refractivity contribution in [3.8, 4) is 34.0 Å². The number of fused-ring (bicyclic) bond motifs is 12. The number of rotatable bonds is 4. The molecule has 5 aromatic heterocycles. The van der Waals surface area contributed by atoms with Crippen molar-refractivity contribution in [1.82, 2.24) is 18.8 Å². The Labute approximate surface area is 300 Å². The maximum absolute atomic E-state index is 6.58. The molecule has 5 nitrogen and oxygen atoms in total. The number of benzene rings is 6. The van der Waals surface area contributed by atoms with Crippen molar-refractivity contribution >= 4 is 65.5 Å². The number of para-hydroxylation sites is 2. The van der Waals surface area contributed by atoms with E-state index in [9.17, 15) is 0 Å². The molecular weight excluding hydrogens is 707 g/mol. The number of imidazole rings is 1. The Morgan fingerprint density at radius 2 is 1.16 bits per heavy atom. The zero-order chi connectivity index (χ0) is 32.1. The van der Waals surface area contributed by atoms with E-state index < -0.39 is 0 Å². The molecule has 0 fully saturated rings. The van der Waals surface area contributed by atoms with Crippen molar-refractivity contribution in [2.24, 2.45) is 0 Å². The van der Waals surface area contributed by atoms with Gasteiger partial charge in [0.25, 0.3) is 0 Å². The smallest absolute Gasteiger partial charge is 0.503 e. The maximum Gasteiger partial charge on any atom is 2.00 e. The zero-order valence-corrected chi connectivity index (χ0v) is 27.9. The summed E-state index contributed by atoms with van der Waals surface area (Å²) in [5, 5.41) is 7.72. The average Bonchev–Trinajstić information content (AvgIpc) is 3.84. The third kappa shape index (κ3) is 4.04. The maximum atomic E-state index is 6.58. The molecule has 6 aromatic carbocycles. The number of aromatic nitrogens is 4. The van der Waals surface area contributed by atoms with Crippen molar-refractivity contribution < 1.29 is 25.2 Å². The van der Waals surface area contributed by atoms with E-state index in [0.29, 0.717) is 11.5 Å². The number of pyridine rings is 2. The van der Waals surface area contributed by atoms with Crippen LogP contribution in [0.5, 0.6) is 11.5 Å². The second-order valence-corrected chi connectivity index (χ2v) is 12.4. The fraction of sp³-hybridized carbons (Fsp3) is 0. The first-order valence-corrected chi connectivity index (χ1v) is 16.3. The van der Waals surface area contributed by atoms with E-state index in [-0.39, 0.29) is 20.4 Å². The topological polar surface area (TPSA) is 43.8 Å². The van der Waals surface area contributed by atoms with Crippen LogP contribution in [-0.4, -0.2) is 18.8 Å². The third-order valence-electron chi connectivity index (χ3n) is 9.73. The molecule has 50 heavy (non-hydrogen) atoms. The summed E-state index contributed by atoms with van der Waals surface area (Å²) in [6.07, 6.45) is 1.85. The Kier molecular flexibility index (Phi) is 6.35. The summed E-state index contributed by atoms with van der Waals surface area (Å²) in [4.78, 5) is 10.1. The summed E-state index contributed by atoms with van der Waals surface area (Å²) >= 11 is 0. The summed E-state index contributed by atoms with van der Waals surface area (Å²) in [6, 6.07) is 55.5. The van der Waals surface area contributed by atoms with E-state index in [4.69, 9.17) is 14.7 Å². The monoisotopic (exact) mass is 730 g/mol. The van der Waals surface area contributed by atoms with E-state index in [1.807, 2.05) is 36.5 Å². The predicted molar refractivity (Wildman–Crippen MR) is 198 cm³/mol. The fourth-order valence-corrected chi connectivity index (χ4v) is 7.68. The zero-order valence-electron chi connectivity index (χ0n) is 26.4. The van der Waals surface area contributed by atoms with Crippen LogP contribution in [0.25, 0.3) is 88.1 Å². The van der Waals surface area contributed by atoms with Gasteiger partial charge in [0.15, 0.2) is 0 Å². The molecule has 0 aliphatic heterocycles. The molecule has 0 radical (unpaired) electrons. The summed E-state index contributed by atoms with van der Waals surface area (Å²) in [6.45, 7) is 0. The van der Waals surface area contributed by atoms with E-state index in [1.165, 1.54) is 10.8 Å². The van der Waals surface area contributed by atoms with E-state index in [0.717, 1.165) is 77.3 Å². The molecule has 0 N–H and O–H groups in total. The molecule has 0 aliphatic carbocycles. The summed E-state index contributed by atoms with van der Waals surface area (Å²) < 4.78 is 11.1. The summed E-state index contributed by atoms with van der Waals surface area (Å²) in [5.41, 5.74) is 9.08. The van der Waals surface area contributed by atoms with E-state index in [1.54, 1.807) is 0 Å². The summed E-state index contributed by atoms with van der Waals surface area (Å²) in [7, 11) is 0. The molecule has 6 heteroatoms. The van der Waals surface area contributed by atoms with Crippen molar-refractivity contribution in [1.29, 1.82) is 0 Å². The van der Waals surface area contributed by atoms with Crippen molar-refractivity contribution in [2.45, 2.75) is 0 Å². The molecular formula is C44H24N4OPd. The average molecular weight is 731 g/mol. The molecule has 0 amide bonds. The van der Waals surface area contributed by atoms with Gasteiger partial charge in [-0.25, -0.2) is 4.98 Å². The van der Waals surface area contributed by atoms with Crippen molar-refractivity contribution in [2.75, 3.05) is 0 Å². The molecule has 0 atom stereocenters. The minimum absolute atomic E-state index is 0. The van der Waals surface area contributed by atoms with Gasteiger partial charge in [-0.1, -0.05) is 119 Å². The van der Waals surface area contributed by atoms with Crippen LogP contribution >= 0.6 is 0 Å². The van der Waals surface area contributed by atoms with Gasteiger partial charge in [-0.15, -0.1) is 29.7 Å². The van der Waals surface area contributed by atoms with Crippen LogP contribution in [0.15, 0.2) is 146 Å². The number of hydrogen-bond acceptors (Lipinski definition) is 3. The van der Waals surface area contributed by atoms with Crippen LogP contribution in [0.3, 0.4) is 0 Å². The van der Waals surface area contributed by atoms with Gasteiger partial charge < -0.3 is 13.5 Å². The number of hydrogen-bond donors (Lipinski definition) is 0. The van der Waals surface area contributed by atoms with Crippen molar-refractivity contribution in [3.05, 3.63) is 158 Å². The van der Waals surface area contributed by atoms with Crippen molar-refractivity contribution in [3.63, 3.8) is 0 Å². The Balaban J connectivity index is 0.00000316. The molecule has 5 heterocycles. The Morgan fingerprint density at radius 1 is 0.500 bits per heavy atom. The van der Waals surface area contributed by atoms with Gasteiger partial charge in [0, 0.05) is 45.1 Å².